The van der Waals surface area contributed by atoms with Gasteiger partial charge in [-0.1, -0.05) is 17.4 Å². The van der Waals surface area contributed by atoms with Gasteiger partial charge in [0.2, 0.25) is 5.88 Å². The van der Waals surface area contributed by atoms with E-state index in [-0.39, 0.29) is 36.7 Å². The van der Waals surface area contributed by atoms with Crippen LogP contribution in [-0.4, -0.2) is 23.6 Å². The van der Waals surface area contributed by atoms with E-state index in [1.165, 1.54) is 6.92 Å². The molecule has 30 heavy (non-hydrogen) atoms. The maximum Gasteiger partial charge on any atom is 0.343 e. The number of aromatic amines is 1. The predicted octanol–water partition coefficient (Wildman–Crippen LogP) is 4.17. The fourth-order valence-electron chi connectivity index (χ4n) is 3.06. The molecule has 8 nitrogen and oxygen atoms in total. The highest BCUT2D eigenvalue weighted by atomic mass is 32.2. The van der Waals surface area contributed by atoms with Gasteiger partial charge in [0.15, 0.2) is 29.5 Å². The van der Waals surface area contributed by atoms with Gasteiger partial charge in [-0.2, -0.15) is 0 Å². The van der Waals surface area contributed by atoms with Gasteiger partial charge in [-0.25, -0.2) is 13.2 Å². The standard InChI is InChI=1S/C19H15NO7S3/c1-8-14(21)9(2)17(23)27-15(8)13-6-11-5-10(3-4-12(11)26-13)7-30(24,25)18-16(22)20-19(28)29-18/h3-6,21-22H,7H2,1-2H3,(H,20,28). The molecule has 0 bridgehead atoms. The highest BCUT2D eigenvalue weighted by Crippen LogP contribution is 2.35. The molecule has 0 saturated heterocycles. The van der Waals surface area contributed by atoms with Gasteiger partial charge < -0.3 is 24.0 Å². The minimum atomic E-state index is -3.81. The summed E-state index contributed by atoms with van der Waals surface area (Å²) < 4.78 is 36.2. The number of sulfone groups is 1. The normalized spacial score (nSPS) is 11.9. The molecule has 0 aliphatic heterocycles. The Hall–Kier alpha value is -2.89. The van der Waals surface area contributed by atoms with E-state index in [1.807, 2.05) is 0 Å². The second-order valence-electron chi connectivity index (χ2n) is 6.71. The summed E-state index contributed by atoms with van der Waals surface area (Å²) in [7, 11) is -3.81. The van der Waals surface area contributed by atoms with Crippen LogP contribution in [0.3, 0.4) is 0 Å². The molecule has 0 saturated carbocycles. The number of nitrogens with one attached hydrogen (secondary N) is 1. The van der Waals surface area contributed by atoms with E-state index in [1.54, 1.807) is 31.2 Å². The predicted molar refractivity (Wildman–Crippen MR) is 113 cm³/mol. The van der Waals surface area contributed by atoms with Gasteiger partial charge in [0.25, 0.3) is 0 Å². The minimum absolute atomic E-state index is 0.102. The molecular formula is C19H15NO7S3. The van der Waals surface area contributed by atoms with Crippen molar-refractivity contribution in [3.8, 4) is 23.1 Å². The maximum absolute atomic E-state index is 12.6. The molecule has 3 heterocycles. The topological polar surface area (TPSA) is 134 Å². The maximum atomic E-state index is 12.6. The average molecular weight is 466 g/mol. The Morgan fingerprint density at radius 2 is 1.87 bits per heavy atom. The second-order valence-corrected chi connectivity index (χ2v) is 10.6. The van der Waals surface area contributed by atoms with Crippen molar-refractivity contribution in [1.29, 1.82) is 0 Å². The summed E-state index contributed by atoms with van der Waals surface area (Å²) >= 11 is 5.67. The van der Waals surface area contributed by atoms with Gasteiger partial charge in [0.05, 0.1) is 11.3 Å². The van der Waals surface area contributed by atoms with E-state index >= 15 is 0 Å². The van der Waals surface area contributed by atoms with Crippen molar-refractivity contribution in [1.82, 2.24) is 4.98 Å². The third kappa shape index (κ3) is 3.44. The molecule has 156 valence electrons. The first-order valence-electron chi connectivity index (χ1n) is 8.58. The van der Waals surface area contributed by atoms with Crippen LogP contribution in [0.4, 0.5) is 0 Å². The van der Waals surface area contributed by atoms with Crippen molar-refractivity contribution in [3.05, 3.63) is 55.3 Å². The lowest BCUT2D eigenvalue weighted by Gasteiger charge is -2.05. The van der Waals surface area contributed by atoms with E-state index in [4.69, 9.17) is 21.1 Å². The van der Waals surface area contributed by atoms with E-state index in [2.05, 4.69) is 4.98 Å². The molecule has 3 N–H and O–H groups in total. The molecule has 0 atom stereocenters. The molecule has 0 aliphatic rings. The lowest BCUT2D eigenvalue weighted by Crippen LogP contribution is -2.05. The van der Waals surface area contributed by atoms with Crippen LogP contribution in [0.5, 0.6) is 11.6 Å². The molecule has 0 spiro atoms. The minimum Gasteiger partial charge on any atom is -0.507 e. The third-order valence-corrected chi connectivity index (χ3v) is 8.10. The monoisotopic (exact) mass is 465 g/mol. The van der Waals surface area contributed by atoms with E-state index in [0.29, 0.717) is 22.1 Å². The Morgan fingerprint density at radius 1 is 1.13 bits per heavy atom. The molecule has 3 aromatic heterocycles. The quantitative estimate of drug-likeness (QED) is 0.382. The number of aromatic nitrogens is 1. The summed E-state index contributed by atoms with van der Waals surface area (Å²) in [6.07, 6.45) is 0. The summed E-state index contributed by atoms with van der Waals surface area (Å²) in [5.41, 5.74) is 0.718. The molecule has 0 unspecified atom stereocenters. The highest BCUT2D eigenvalue weighted by molar-refractivity contribution is 7.93. The number of hydrogen-bond acceptors (Lipinski definition) is 9. The second kappa shape index (κ2) is 7.11. The molecule has 0 fully saturated rings. The number of hydrogen-bond donors (Lipinski definition) is 3. The number of rotatable bonds is 4. The lowest BCUT2D eigenvalue weighted by atomic mass is 10.1. The zero-order valence-electron chi connectivity index (χ0n) is 15.7. The number of benzene rings is 1. The van der Waals surface area contributed by atoms with E-state index in [0.717, 1.165) is 11.3 Å². The summed E-state index contributed by atoms with van der Waals surface area (Å²) in [5, 5.41) is 20.5. The Balaban J connectivity index is 1.74. The Labute approximate surface area is 179 Å². The molecular weight excluding hydrogens is 450 g/mol. The fraction of sp³-hybridized carbons (Fsp3) is 0.158. The van der Waals surface area contributed by atoms with E-state index in [9.17, 15) is 23.4 Å². The van der Waals surface area contributed by atoms with Crippen LogP contribution in [0.15, 0.2) is 42.1 Å². The van der Waals surface area contributed by atoms with Crippen molar-refractivity contribution in [2.75, 3.05) is 0 Å². The van der Waals surface area contributed by atoms with Crippen LogP contribution in [0, 0.1) is 17.8 Å². The van der Waals surface area contributed by atoms with Gasteiger partial charge in [-0.15, -0.1) is 0 Å². The number of fused-ring (bicyclic) bond motifs is 1. The van der Waals surface area contributed by atoms with Crippen molar-refractivity contribution in [2.45, 2.75) is 23.8 Å². The zero-order chi connectivity index (χ0) is 21.8. The van der Waals surface area contributed by atoms with E-state index < -0.39 is 21.3 Å². The van der Waals surface area contributed by atoms with Gasteiger partial charge in [0, 0.05) is 10.9 Å². The first-order valence-corrected chi connectivity index (χ1v) is 11.5. The first-order chi connectivity index (χ1) is 14.1. The summed E-state index contributed by atoms with van der Waals surface area (Å²) in [4.78, 5) is 14.3. The van der Waals surface area contributed by atoms with Crippen LogP contribution in [0.25, 0.3) is 22.5 Å². The van der Waals surface area contributed by atoms with Crippen LogP contribution < -0.4 is 5.63 Å². The van der Waals surface area contributed by atoms with Gasteiger partial charge in [-0.3, -0.25) is 0 Å². The molecule has 1 aromatic carbocycles. The van der Waals surface area contributed by atoms with Crippen molar-refractivity contribution >= 4 is 44.4 Å². The Kier molecular flexibility index (Phi) is 4.83. The molecule has 4 aromatic rings. The van der Waals surface area contributed by atoms with Crippen LogP contribution in [0.2, 0.25) is 0 Å². The van der Waals surface area contributed by atoms with Crippen molar-refractivity contribution in [3.63, 3.8) is 0 Å². The molecule has 0 radical (unpaired) electrons. The molecule has 4 rings (SSSR count). The van der Waals surface area contributed by atoms with Gasteiger partial charge >= 0.3 is 5.63 Å². The fourth-order valence-corrected chi connectivity index (χ4v) is 6.06. The SMILES string of the molecule is Cc1c(-c2cc3cc(CS(=O)(=O)c4sc(=S)[nH]c4O)ccc3o2)oc(=O)c(C)c1O. The largest absolute Gasteiger partial charge is 0.507 e. The molecule has 0 amide bonds. The number of thiazole rings is 1. The lowest BCUT2D eigenvalue weighted by molar-refractivity contribution is 0.433. The number of aromatic hydroxyl groups is 2. The van der Waals surface area contributed by atoms with Crippen molar-refractivity contribution in [2.24, 2.45) is 0 Å². The van der Waals surface area contributed by atoms with Crippen LogP contribution in [-0.2, 0) is 15.6 Å². The summed E-state index contributed by atoms with van der Waals surface area (Å²) in [6, 6.07) is 6.42. The van der Waals surface area contributed by atoms with Crippen LogP contribution in [0.1, 0.15) is 16.7 Å². The zero-order valence-corrected chi connectivity index (χ0v) is 18.1. The van der Waals surface area contributed by atoms with Crippen LogP contribution >= 0.6 is 23.6 Å². The number of furan rings is 1. The van der Waals surface area contributed by atoms with Crippen molar-refractivity contribution < 1.29 is 27.5 Å². The molecule has 0 aliphatic carbocycles. The van der Waals surface area contributed by atoms with Gasteiger partial charge in [-0.05, 0) is 49.8 Å². The summed E-state index contributed by atoms with van der Waals surface area (Å²) in [5.74, 6) is -0.648. The first kappa shape index (κ1) is 20.4. The molecule has 11 heteroatoms. The summed E-state index contributed by atoms with van der Waals surface area (Å²) in [6.45, 7) is 3.06. The Morgan fingerprint density at radius 3 is 2.53 bits per heavy atom. The number of H-pyrrole nitrogens is 1. The smallest absolute Gasteiger partial charge is 0.343 e. The highest BCUT2D eigenvalue weighted by Gasteiger charge is 2.23. The Bertz CT molecular complexity index is 1520. The third-order valence-electron chi connectivity index (χ3n) is 4.59. The van der Waals surface area contributed by atoms with Gasteiger partial charge in [0.1, 0.15) is 11.3 Å². The average Bonchev–Trinajstić information content (AvgIpc) is 3.25.